The minimum Gasteiger partial charge on any atom is -0.490 e. The molecule has 10 heteroatoms. The van der Waals surface area contributed by atoms with Crippen molar-refractivity contribution in [1.82, 2.24) is 4.90 Å². The Kier molecular flexibility index (Phi) is 6.00. The van der Waals surface area contributed by atoms with Crippen LogP contribution in [0.1, 0.15) is 31.2 Å². The second kappa shape index (κ2) is 8.57. The molecule has 31 heavy (non-hydrogen) atoms. The van der Waals surface area contributed by atoms with Crippen LogP contribution in [0.25, 0.3) is 0 Å². The lowest BCUT2D eigenvalue weighted by molar-refractivity contribution is -0.550. The number of rotatable bonds is 5. The van der Waals surface area contributed by atoms with Gasteiger partial charge in [0.15, 0.2) is 11.5 Å². The lowest BCUT2D eigenvalue weighted by atomic mass is 9.74. The van der Waals surface area contributed by atoms with Crippen molar-refractivity contribution in [2.45, 2.75) is 44.0 Å². The molecule has 4 atom stereocenters. The fraction of sp³-hybridized carbons (Fsp3) is 0.619. The molecule has 1 aromatic carbocycles. The summed E-state index contributed by atoms with van der Waals surface area (Å²) in [7, 11) is 0. The van der Waals surface area contributed by atoms with E-state index in [0.29, 0.717) is 44.7 Å². The smallest absolute Gasteiger partial charge is 0.432 e. The topological polar surface area (TPSA) is 74.1 Å². The van der Waals surface area contributed by atoms with Crippen molar-refractivity contribution in [3.05, 3.63) is 45.6 Å². The fourth-order valence-corrected chi connectivity index (χ4v) is 4.98. The van der Waals surface area contributed by atoms with Crippen LogP contribution >= 0.6 is 0 Å². The van der Waals surface area contributed by atoms with Crippen LogP contribution in [0, 0.1) is 16.0 Å². The molecule has 0 spiro atoms. The summed E-state index contributed by atoms with van der Waals surface area (Å²) >= 11 is 0. The number of morpholine rings is 1. The van der Waals surface area contributed by atoms with Crippen LogP contribution in [-0.4, -0.2) is 61.1 Å². The van der Waals surface area contributed by atoms with Crippen molar-refractivity contribution in [3.8, 4) is 11.5 Å². The minimum absolute atomic E-state index is 0.0389. The third kappa shape index (κ3) is 4.05. The quantitative estimate of drug-likeness (QED) is 0.511. The highest BCUT2D eigenvalue weighted by atomic mass is 19.4. The Morgan fingerprint density at radius 1 is 1.29 bits per heavy atom. The molecule has 0 unspecified atom stereocenters. The molecule has 7 nitrogen and oxygen atoms in total. The van der Waals surface area contributed by atoms with Gasteiger partial charge in [0.2, 0.25) is 0 Å². The first kappa shape index (κ1) is 21.7. The van der Waals surface area contributed by atoms with Crippen LogP contribution in [0.15, 0.2) is 30.0 Å². The normalized spacial score (nSPS) is 28.5. The molecule has 1 aliphatic carbocycles. The highest BCUT2D eigenvalue weighted by Gasteiger charge is 2.61. The van der Waals surface area contributed by atoms with Crippen LogP contribution in [0.3, 0.4) is 0 Å². The molecule has 1 fully saturated rings. The summed E-state index contributed by atoms with van der Waals surface area (Å²) < 4.78 is 58.1. The summed E-state index contributed by atoms with van der Waals surface area (Å²) in [4.78, 5) is 13.3. The maximum absolute atomic E-state index is 14.0. The van der Waals surface area contributed by atoms with Gasteiger partial charge in [-0.2, -0.15) is 13.2 Å². The van der Waals surface area contributed by atoms with E-state index in [1.807, 2.05) is 6.08 Å². The molecule has 0 bridgehead atoms. The number of allylic oxidation sites excluding steroid dienone is 2. The number of alkyl halides is 3. The number of halogens is 3. The Hall–Kier alpha value is -2.49. The second-order valence-electron chi connectivity index (χ2n) is 7.90. The van der Waals surface area contributed by atoms with Gasteiger partial charge in [0, 0.05) is 35.2 Å². The van der Waals surface area contributed by atoms with E-state index in [9.17, 15) is 23.3 Å². The number of ether oxygens (including phenoxy) is 3. The van der Waals surface area contributed by atoms with E-state index in [1.165, 1.54) is 6.07 Å². The molecule has 0 amide bonds. The standard InChI is InChI=1S/C21H25F3N2O5/c1-2-30-16-8-4-6-14-17(13-5-3-7-15(13)25-9-11-29-12-10-25)18(26(27)28)20(21(22,23)24)31-19(14)16/h4,6-8,13,17-18,20H,2-3,5,9-12H2,1H3/t13-,17+,18-,20-/m0/s1. The molecule has 170 valence electrons. The summed E-state index contributed by atoms with van der Waals surface area (Å²) in [6.07, 6.45) is -4.24. The van der Waals surface area contributed by atoms with Crippen molar-refractivity contribution in [3.63, 3.8) is 0 Å². The van der Waals surface area contributed by atoms with Gasteiger partial charge in [-0.15, -0.1) is 0 Å². The van der Waals surface area contributed by atoms with E-state index in [4.69, 9.17) is 14.2 Å². The molecule has 1 aromatic rings. The molecule has 2 aliphatic heterocycles. The first-order valence-corrected chi connectivity index (χ1v) is 10.5. The lowest BCUT2D eigenvalue weighted by Gasteiger charge is -2.41. The monoisotopic (exact) mass is 442 g/mol. The first-order valence-electron chi connectivity index (χ1n) is 10.5. The number of para-hydroxylation sites is 1. The van der Waals surface area contributed by atoms with Gasteiger partial charge < -0.3 is 19.1 Å². The third-order valence-electron chi connectivity index (χ3n) is 6.18. The van der Waals surface area contributed by atoms with Gasteiger partial charge in [-0.25, -0.2) is 0 Å². The molecule has 0 saturated carbocycles. The Morgan fingerprint density at radius 3 is 2.68 bits per heavy atom. The average Bonchev–Trinajstić information content (AvgIpc) is 3.22. The van der Waals surface area contributed by atoms with E-state index in [-0.39, 0.29) is 18.1 Å². The summed E-state index contributed by atoms with van der Waals surface area (Å²) in [5, 5.41) is 12.0. The minimum atomic E-state index is -4.89. The van der Waals surface area contributed by atoms with Gasteiger partial charge >= 0.3 is 6.18 Å². The predicted molar refractivity (Wildman–Crippen MR) is 105 cm³/mol. The van der Waals surface area contributed by atoms with Crippen molar-refractivity contribution in [2.24, 2.45) is 5.92 Å². The highest BCUT2D eigenvalue weighted by Crippen LogP contribution is 2.53. The van der Waals surface area contributed by atoms with Gasteiger partial charge in [-0.05, 0) is 25.8 Å². The molecule has 2 heterocycles. The van der Waals surface area contributed by atoms with Crippen molar-refractivity contribution in [2.75, 3.05) is 32.9 Å². The molecule has 0 aromatic heterocycles. The summed E-state index contributed by atoms with van der Waals surface area (Å²) in [6.45, 7) is 4.23. The van der Waals surface area contributed by atoms with Gasteiger partial charge in [-0.1, -0.05) is 18.2 Å². The molecular formula is C21H25F3N2O5. The van der Waals surface area contributed by atoms with Crippen LogP contribution in [-0.2, 0) is 4.74 Å². The third-order valence-corrected chi connectivity index (χ3v) is 6.18. The van der Waals surface area contributed by atoms with Crippen molar-refractivity contribution >= 4 is 0 Å². The summed E-state index contributed by atoms with van der Waals surface area (Å²) in [5.41, 5.74) is 1.27. The zero-order chi connectivity index (χ0) is 22.2. The SMILES string of the molecule is CCOc1cccc2c1O[C@H](C(F)(F)F)[C@@H]([N+](=O)[O-])[C@@H]2[C@H]1CCC=C1N1CCOCC1. The van der Waals surface area contributed by atoms with Crippen molar-refractivity contribution in [1.29, 1.82) is 0 Å². The van der Waals surface area contributed by atoms with Crippen LogP contribution in [0.4, 0.5) is 13.2 Å². The Bertz CT molecular complexity index is 854. The van der Waals surface area contributed by atoms with Crippen LogP contribution in [0.5, 0.6) is 11.5 Å². The molecule has 4 rings (SSSR count). The number of hydrogen-bond donors (Lipinski definition) is 0. The van der Waals surface area contributed by atoms with Crippen LogP contribution in [0.2, 0.25) is 0 Å². The van der Waals surface area contributed by atoms with E-state index < -0.39 is 35.1 Å². The fourth-order valence-electron chi connectivity index (χ4n) is 4.98. The summed E-state index contributed by atoms with van der Waals surface area (Å²) in [5.74, 6) is -1.26. The molecule has 1 saturated heterocycles. The average molecular weight is 442 g/mol. The van der Waals surface area contributed by atoms with E-state index in [1.54, 1.807) is 19.1 Å². The maximum atomic E-state index is 14.0. The van der Waals surface area contributed by atoms with E-state index >= 15 is 0 Å². The zero-order valence-electron chi connectivity index (χ0n) is 17.1. The number of nitro groups is 1. The van der Waals surface area contributed by atoms with Gasteiger partial charge in [0.05, 0.1) is 25.7 Å². The van der Waals surface area contributed by atoms with Gasteiger partial charge in [0.25, 0.3) is 12.1 Å². The van der Waals surface area contributed by atoms with Gasteiger partial charge in [-0.3, -0.25) is 10.1 Å². The zero-order valence-corrected chi connectivity index (χ0v) is 17.1. The summed E-state index contributed by atoms with van der Waals surface area (Å²) in [6, 6.07) is 2.86. The number of benzene rings is 1. The molecule has 0 N–H and O–H groups in total. The second-order valence-corrected chi connectivity index (χ2v) is 7.90. The predicted octanol–water partition coefficient (Wildman–Crippen LogP) is 3.76. The largest absolute Gasteiger partial charge is 0.490 e. The number of nitrogens with zero attached hydrogens (tertiary/aromatic N) is 2. The Balaban J connectivity index is 1.82. The Labute approximate surface area is 177 Å². The van der Waals surface area contributed by atoms with Gasteiger partial charge in [0.1, 0.15) is 0 Å². The highest BCUT2D eigenvalue weighted by molar-refractivity contribution is 5.51. The molecule has 0 radical (unpaired) electrons. The molecular weight excluding hydrogens is 417 g/mol. The number of fused-ring (bicyclic) bond motifs is 1. The number of hydrogen-bond acceptors (Lipinski definition) is 6. The first-order chi connectivity index (χ1) is 14.8. The molecule has 3 aliphatic rings. The van der Waals surface area contributed by atoms with Crippen molar-refractivity contribution < 1.29 is 32.3 Å². The van der Waals surface area contributed by atoms with E-state index in [0.717, 1.165) is 5.70 Å². The van der Waals surface area contributed by atoms with Crippen LogP contribution < -0.4 is 9.47 Å². The van der Waals surface area contributed by atoms with E-state index in [2.05, 4.69) is 4.90 Å². The Morgan fingerprint density at radius 2 is 2.03 bits per heavy atom. The lowest BCUT2D eigenvalue weighted by Crippen LogP contribution is -2.55. The maximum Gasteiger partial charge on any atom is 0.432 e.